The molecule has 5 nitrogen and oxygen atoms in total. The van der Waals surface area contributed by atoms with E-state index in [1.165, 1.54) is 0 Å². The Morgan fingerprint density at radius 1 is 1.72 bits per heavy atom. The Bertz CT molecular complexity index is 370. The highest BCUT2D eigenvalue weighted by Gasteiger charge is 2.45. The van der Waals surface area contributed by atoms with E-state index in [1.54, 1.807) is 6.92 Å². The summed E-state index contributed by atoms with van der Waals surface area (Å²) in [4.78, 5) is 11.8. The van der Waals surface area contributed by atoms with Crippen LogP contribution in [0.2, 0.25) is 0 Å². The molecule has 0 aliphatic carbocycles. The number of thiocarbonyl (C=S) groups is 1. The number of hydrogen-bond donors (Lipinski definition) is 2. The molecule has 102 valence electrons. The summed E-state index contributed by atoms with van der Waals surface area (Å²) in [6.07, 6.45) is 3.66. The molecular formula is C12H21N3O2S. The summed E-state index contributed by atoms with van der Waals surface area (Å²) in [6.45, 7) is 5.79. The molecule has 0 spiro atoms. The Kier molecular flexibility index (Phi) is 5.07. The molecule has 1 aliphatic heterocycles. The first-order chi connectivity index (χ1) is 8.39. The highest BCUT2D eigenvalue weighted by atomic mass is 32.1. The molecule has 0 radical (unpaired) electrons. The predicted octanol–water partition coefficient (Wildman–Crippen LogP) is 1.71. The minimum absolute atomic E-state index is 0.0232. The lowest BCUT2D eigenvalue weighted by Gasteiger charge is -2.22. The van der Waals surface area contributed by atoms with Crippen LogP contribution in [0.15, 0.2) is 5.10 Å². The number of carbonyl (C=O) groups is 1. The number of hydrazone groups is 1. The lowest BCUT2D eigenvalue weighted by molar-refractivity contribution is -0.146. The predicted molar refractivity (Wildman–Crippen MR) is 75.2 cm³/mol. The number of hydrogen-bond acceptors (Lipinski definition) is 4. The summed E-state index contributed by atoms with van der Waals surface area (Å²) in [5.41, 5.74) is 7.87. The molecule has 0 amide bonds. The molecule has 1 rings (SSSR count). The van der Waals surface area contributed by atoms with E-state index in [-0.39, 0.29) is 17.0 Å². The molecule has 1 saturated heterocycles. The SMILES string of the molecule is CCCC[C@@H]1C[C@@](C)(/C(C)=N\NC(N)=S)OC1=O. The van der Waals surface area contributed by atoms with Gasteiger partial charge in [0.1, 0.15) is 5.60 Å². The average molecular weight is 271 g/mol. The summed E-state index contributed by atoms with van der Waals surface area (Å²) in [5, 5.41) is 4.15. The zero-order valence-corrected chi connectivity index (χ0v) is 12.0. The minimum Gasteiger partial charge on any atom is -0.453 e. The van der Waals surface area contributed by atoms with Crippen LogP contribution in [-0.4, -0.2) is 22.4 Å². The number of nitrogens with two attached hydrogens (primary N) is 1. The highest BCUT2D eigenvalue weighted by Crippen LogP contribution is 2.34. The number of nitrogens with zero attached hydrogens (tertiary/aromatic N) is 1. The molecule has 0 bridgehead atoms. The molecular weight excluding hydrogens is 250 g/mol. The van der Waals surface area contributed by atoms with Gasteiger partial charge in [-0.3, -0.25) is 10.2 Å². The van der Waals surface area contributed by atoms with Crippen LogP contribution in [0, 0.1) is 5.92 Å². The number of nitrogens with one attached hydrogen (secondary N) is 1. The van der Waals surface area contributed by atoms with Gasteiger partial charge in [0.05, 0.1) is 11.6 Å². The van der Waals surface area contributed by atoms with Gasteiger partial charge in [0, 0.05) is 6.42 Å². The first kappa shape index (κ1) is 14.9. The van der Waals surface area contributed by atoms with Crippen LogP contribution in [0.4, 0.5) is 0 Å². The van der Waals surface area contributed by atoms with Crippen molar-refractivity contribution >= 4 is 29.0 Å². The van der Waals surface area contributed by atoms with E-state index in [4.69, 9.17) is 10.5 Å². The zero-order valence-electron chi connectivity index (χ0n) is 11.2. The third-order valence-electron chi connectivity index (χ3n) is 3.30. The summed E-state index contributed by atoms with van der Waals surface area (Å²) in [7, 11) is 0. The van der Waals surface area contributed by atoms with Gasteiger partial charge in [-0.2, -0.15) is 5.10 Å². The van der Waals surface area contributed by atoms with E-state index in [2.05, 4.69) is 29.7 Å². The van der Waals surface area contributed by atoms with E-state index < -0.39 is 5.60 Å². The Morgan fingerprint density at radius 2 is 2.39 bits per heavy atom. The van der Waals surface area contributed by atoms with Gasteiger partial charge >= 0.3 is 5.97 Å². The van der Waals surface area contributed by atoms with Gasteiger partial charge in [-0.1, -0.05) is 19.8 Å². The van der Waals surface area contributed by atoms with Crippen LogP contribution in [-0.2, 0) is 9.53 Å². The van der Waals surface area contributed by atoms with Crippen LogP contribution in [0.1, 0.15) is 46.5 Å². The van der Waals surface area contributed by atoms with Crippen molar-refractivity contribution in [3.63, 3.8) is 0 Å². The first-order valence-corrected chi connectivity index (χ1v) is 6.63. The molecule has 0 aromatic rings. The van der Waals surface area contributed by atoms with Crippen molar-refractivity contribution in [3.05, 3.63) is 0 Å². The quantitative estimate of drug-likeness (QED) is 0.344. The normalized spacial score (nSPS) is 28.1. The molecule has 3 N–H and O–H groups in total. The number of esters is 1. The fourth-order valence-electron chi connectivity index (χ4n) is 2.05. The van der Waals surface area contributed by atoms with Crippen molar-refractivity contribution in [1.29, 1.82) is 0 Å². The topological polar surface area (TPSA) is 76.7 Å². The molecule has 2 atom stereocenters. The van der Waals surface area contributed by atoms with Gasteiger partial charge in [0.15, 0.2) is 5.11 Å². The maximum Gasteiger partial charge on any atom is 0.310 e. The van der Waals surface area contributed by atoms with E-state index >= 15 is 0 Å². The van der Waals surface area contributed by atoms with Gasteiger partial charge in [-0.15, -0.1) is 0 Å². The Morgan fingerprint density at radius 3 is 2.94 bits per heavy atom. The van der Waals surface area contributed by atoms with Crippen LogP contribution >= 0.6 is 12.2 Å². The largest absolute Gasteiger partial charge is 0.453 e. The molecule has 6 heteroatoms. The molecule has 18 heavy (non-hydrogen) atoms. The number of unbranched alkanes of at least 4 members (excludes halogenated alkanes) is 1. The molecule has 0 aromatic heterocycles. The van der Waals surface area contributed by atoms with Gasteiger partial charge in [0.2, 0.25) is 0 Å². The minimum atomic E-state index is -0.646. The van der Waals surface area contributed by atoms with E-state index in [0.29, 0.717) is 12.1 Å². The van der Waals surface area contributed by atoms with E-state index in [1.807, 2.05) is 6.92 Å². The van der Waals surface area contributed by atoms with Gasteiger partial charge in [0.25, 0.3) is 0 Å². The third-order valence-corrected chi connectivity index (χ3v) is 3.39. The van der Waals surface area contributed by atoms with E-state index in [0.717, 1.165) is 19.3 Å². The fourth-order valence-corrected chi connectivity index (χ4v) is 2.10. The maximum absolute atomic E-state index is 11.8. The van der Waals surface area contributed by atoms with Crippen molar-refractivity contribution < 1.29 is 9.53 Å². The highest BCUT2D eigenvalue weighted by molar-refractivity contribution is 7.80. The molecule has 1 heterocycles. The summed E-state index contributed by atoms with van der Waals surface area (Å²) in [6, 6.07) is 0. The fraction of sp³-hybridized carbons (Fsp3) is 0.750. The van der Waals surface area contributed by atoms with Crippen LogP contribution < -0.4 is 11.2 Å². The second kappa shape index (κ2) is 6.13. The second-order valence-electron chi connectivity index (χ2n) is 4.87. The summed E-state index contributed by atoms with van der Waals surface area (Å²) in [5.74, 6) is -0.152. The summed E-state index contributed by atoms with van der Waals surface area (Å²) < 4.78 is 5.46. The monoisotopic (exact) mass is 271 g/mol. The van der Waals surface area contributed by atoms with Crippen LogP contribution in [0.25, 0.3) is 0 Å². The van der Waals surface area contributed by atoms with Crippen molar-refractivity contribution in [2.45, 2.75) is 52.1 Å². The Labute approximate surface area is 113 Å². The lowest BCUT2D eigenvalue weighted by Crippen LogP contribution is -2.36. The van der Waals surface area contributed by atoms with Crippen molar-refractivity contribution in [3.8, 4) is 0 Å². The molecule has 0 aromatic carbocycles. The lowest BCUT2D eigenvalue weighted by atomic mass is 9.89. The molecule has 1 fully saturated rings. The van der Waals surface area contributed by atoms with Crippen molar-refractivity contribution in [2.24, 2.45) is 16.8 Å². The Balaban J connectivity index is 2.68. The standard InChI is InChI=1S/C12H21N3O2S/c1-4-5-6-9-7-12(3,17-10(9)16)8(2)14-15-11(13)18/h9H,4-7H2,1-3H3,(H3,13,15,18)/b14-8-/t9-,12+/m1/s1. The van der Waals surface area contributed by atoms with E-state index in [9.17, 15) is 4.79 Å². The smallest absolute Gasteiger partial charge is 0.310 e. The first-order valence-electron chi connectivity index (χ1n) is 6.22. The van der Waals surface area contributed by atoms with Crippen molar-refractivity contribution in [2.75, 3.05) is 0 Å². The van der Waals surface area contributed by atoms with Crippen molar-refractivity contribution in [1.82, 2.24) is 5.43 Å². The van der Waals surface area contributed by atoms with Crippen LogP contribution in [0.5, 0.6) is 0 Å². The second-order valence-corrected chi connectivity index (χ2v) is 5.31. The summed E-state index contributed by atoms with van der Waals surface area (Å²) >= 11 is 4.68. The number of carbonyl (C=O) groups excluding carboxylic acids is 1. The number of rotatable bonds is 5. The van der Waals surface area contributed by atoms with Crippen LogP contribution in [0.3, 0.4) is 0 Å². The Hall–Kier alpha value is -1.17. The maximum atomic E-state index is 11.8. The number of cyclic esters (lactones) is 1. The van der Waals surface area contributed by atoms with Gasteiger partial charge < -0.3 is 10.5 Å². The molecule has 1 aliphatic rings. The zero-order chi connectivity index (χ0) is 13.8. The average Bonchev–Trinajstić information content (AvgIpc) is 2.59. The third kappa shape index (κ3) is 3.66. The molecule has 0 unspecified atom stereocenters. The van der Waals surface area contributed by atoms with Gasteiger partial charge in [-0.25, -0.2) is 0 Å². The molecule has 0 saturated carbocycles. The van der Waals surface area contributed by atoms with Gasteiger partial charge in [-0.05, 0) is 32.5 Å². The number of ether oxygens (including phenoxy) is 1.